The van der Waals surface area contributed by atoms with Gasteiger partial charge in [-0.3, -0.25) is 9.59 Å². The molecule has 0 bridgehead atoms. The molecule has 152 valence electrons. The van der Waals surface area contributed by atoms with Crippen LogP contribution in [0.15, 0.2) is 0 Å². The fourth-order valence-electron chi connectivity index (χ4n) is 3.20. The molecule has 0 saturated carbocycles. The number of hydrogen-bond donors (Lipinski definition) is 2. The number of carbonyl (C=O) groups excluding carboxylic acids is 2. The Labute approximate surface area is 166 Å². The summed E-state index contributed by atoms with van der Waals surface area (Å²) in [6.45, 7) is 9.11. The molecule has 0 amide bonds. The zero-order chi connectivity index (χ0) is 20.7. The quantitative estimate of drug-likeness (QED) is 0.418. The summed E-state index contributed by atoms with van der Waals surface area (Å²) >= 11 is 6.08. The lowest BCUT2D eigenvalue weighted by Gasteiger charge is -2.20. The highest BCUT2D eigenvalue weighted by Crippen LogP contribution is 2.41. The summed E-state index contributed by atoms with van der Waals surface area (Å²) in [4.78, 5) is 22.2. The Morgan fingerprint density at radius 1 is 1.15 bits per heavy atom. The monoisotopic (exact) mass is 398 g/mol. The van der Waals surface area contributed by atoms with Gasteiger partial charge in [-0.2, -0.15) is 0 Å². The minimum atomic E-state index is -0.256. The van der Waals surface area contributed by atoms with Crippen molar-refractivity contribution in [2.45, 2.75) is 72.8 Å². The van der Waals surface area contributed by atoms with Gasteiger partial charge in [-0.1, -0.05) is 38.3 Å². The third kappa shape index (κ3) is 6.42. The van der Waals surface area contributed by atoms with E-state index in [1.54, 1.807) is 6.92 Å². The second-order valence-corrected chi connectivity index (χ2v) is 7.89. The Morgan fingerprint density at radius 3 is 2.33 bits per heavy atom. The molecule has 0 radical (unpaired) electrons. The zero-order valence-electron chi connectivity index (χ0n) is 16.8. The van der Waals surface area contributed by atoms with Gasteiger partial charge in [0.05, 0.1) is 10.6 Å². The van der Waals surface area contributed by atoms with Crippen molar-refractivity contribution in [2.75, 3.05) is 0 Å². The number of hydrogen-bond acceptors (Lipinski definition) is 5. The van der Waals surface area contributed by atoms with Gasteiger partial charge in [0, 0.05) is 12.5 Å². The van der Waals surface area contributed by atoms with Gasteiger partial charge >= 0.3 is 5.97 Å². The van der Waals surface area contributed by atoms with Crippen LogP contribution in [0.25, 0.3) is 0 Å². The number of phenolic OH excluding ortho intramolecular Hbond substituents is 2. The number of esters is 1. The first kappa shape index (κ1) is 23.3. The smallest absolute Gasteiger partial charge is 0.302 e. The van der Waals surface area contributed by atoms with Gasteiger partial charge in [-0.15, -0.1) is 0 Å². The molecule has 0 aromatic heterocycles. The van der Waals surface area contributed by atoms with E-state index in [1.165, 1.54) is 6.92 Å². The molecule has 0 aliphatic rings. The van der Waals surface area contributed by atoms with Gasteiger partial charge in [-0.05, 0) is 50.5 Å². The third-order valence-corrected chi connectivity index (χ3v) is 5.75. The van der Waals surface area contributed by atoms with Crippen molar-refractivity contribution >= 4 is 23.9 Å². The molecule has 3 atom stereocenters. The first-order valence-electron chi connectivity index (χ1n) is 9.45. The Morgan fingerprint density at radius 2 is 1.78 bits per heavy atom. The average Bonchev–Trinajstić information content (AvgIpc) is 2.59. The maximum atomic E-state index is 11.2. The van der Waals surface area contributed by atoms with E-state index < -0.39 is 0 Å². The number of phenols is 2. The Bertz CT molecular complexity index is 671. The third-order valence-electron chi connectivity index (χ3n) is 5.28. The average molecular weight is 399 g/mol. The maximum Gasteiger partial charge on any atom is 0.302 e. The van der Waals surface area contributed by atoms with Crippen molar-refractivity contribution in [3.63, 3.8) is 0 Å². The number of aldehydes is 1. The van der Waals surface area contributed by atoms with E-state index in [-0.39, 0.29) is 34.2 Å². The van der Waals surface area contributed by atoms with Crippen molar-refractivity contribution in [1.29, 1.82) is 0 Å². The van der Waals surface area contributed by atoms with Crippen LogP contribution in [0.4, 0.5) is 0 Å². The van der Waals surface area contributed by atoms with Gasteiger partial charge in [0.15, 0.2) is 6.29 Å². The molecule has 6 heteroatoms. The number of benzene rings is 1. The highest BCUT2D eigenvalue weighted by molar-refractivity contribution is 6.33. The Kier molecular flexibility index (Phi) is 9.10. The summed E-state index contributed by atoms with van der Waals surface area (Å²) in [7, 11) is 0. The lowest BCUT2D eigenvalue weighted by molar-refractivity contribution is -0.147. The van der Waals surface area contributed by atoms with Crippen LogP contribution in [-0.2, 0) is 16.0 Å². The highest BCUT2D eigenvalue weighted by Gasteiger charge is 2.21. The topological polar surface area (TPSA) is 83.8 Å². The number of ether oxygens (including phenoxy) is 1. The van der Waals surface area contributed by atoms with E-state index in [0.29, 0.717) is 35.7 Å². The van der Waals surface area contributed by atoms with Crippen LogP contribution in [0.3, 0.4) is 0 Å². The molecule has 0 aliphatic carbocycles. The summed E-state index contributed by atoms with van der Waals surface area (Å²) in [5.74, 6) is 0.0857. The van der Waals surface area contributed by atoms with E-state index in [0.717, 1.165) is 25.7 Å². The summed E-state index contributed by atoms with van der Waals surface area (Å²) in [5, 5.41) is 20.6. The summed E-state index contributed by atoms with van der Waals surface area (Å²) in [6, 6.07) is 0. The van der Waals surface area contributed by atoms with Gasteiger partial charge in [0.1, 0.15) is 17.6 Å². The molecule has 2 N–H and O–H groups in total. The normalized spacial score (nSPS) is 14.4. The predicted octanol–water partition coefficient (Wildman–Crippen LogP) is 5.20. The number of halogens is 1. The lowest BCUT2D eigenvalue weighted by Crippen LogP contribution is -2.20. The second-order valence-electron chi connectivity index (χ2n) is 7.51. The Hall–Kier alpha value is -1.75. The summed E-state index contributed by atoms with van der Waals surface area (Å²) < 4.78 is 5.21. The molecule has 1 aromatic rings. The Balaban J connectivity index is 2.58. The SMILES string of the molecule is CC(=O)O[C@@H](C)C(C)CCCC(C)CCc1c(O)c(Cl)c(C)c(C=O)c1O. The molecule has 0 heterocycles. The van der Waals surface area contributed by atoms with Crippen molar-refractivity contribution in [3.05, 3.63) is 21.7 Å². The van der Waals surface area contributed by atoms with Crippen molar-refractivity contribution in [3.8, 4) is 11.5 Å². The lowest BCUT2D eigenvalue weighted by atomic mass is 9.91. The summed E-state index contributed by atoms with van der Waals surface area (Å²) in [5.41, 5.74) is 0.847. The van der Waals surface area contributed by atoms with Crippen LogP contribution in [0.2, 0.25) is 5.02 Å². The first-order chi connectivity index (χ1) is 12.6. The molecule has 5 nitrogen and oxygen atoms in total. The molecule has 0 spiro atoms. The highest BCUT2D eigenvalue weighted by atomic mass is 35.5. The molecule has 1 aromatic carbocycles. The predicted molar refractivity (Wildman–Crippen MR) is 107 cm³/mol. The van der Waals surface area contributed by atoms with E-state index in [1.807, 2.05) is 6.92 Å². The van der Waals surface area contributed by atoms with E-state index in [4.69, 9.17) is 16.3 Å². The maximum absolute atomic E-state index is 11.2. The van der Waals surface area contributed by atoms with Gasteiger partial charge in [-0.25, -0.2) is 0 Å². The number of rotatable bonds is 10. The van der Waals surface area contributed by atoms with Gasteiger partial charge in [0.2, 0.25) is 0 Å². The molecular formula is C21H31ClO5. The first-order valence-corrected chi connectivity index (χ1v) is 9.83. The van der Waals surface area contributed by atoms with Gasteiger partial charge in [0.25, 0.3) is 0 Å². The molecule has 1 rings (SSSR count). The largest absolute Gasteiger partial charge is 0.507 e. The van der Waals surface area contributed by atoms with Crippen molar-refractivity contribution < 1.29 is 24.5 Å². The zero-order valence-corrected chi connectivity index (χ0v) is 17.6. The second kappa shape index (κ2) is 10.5. The minimum absolute atomic E-state index is 0.0943. The molecular weight excluding hydrogens is 368 g/mol. The minimum Gasteiger partial charge on any atom is -0.507 e. The van der Waals surface area contributed by atoms with Crippen LogP contribution >= 0.6 is 11.6 Å². The molecule has 27 heavy (non-hydrogen) atoms. The molecule has 0 aliphatic heterocycles. The van der Waals surface area contributed by atoms with Crippen molar-refractivity contribution in [2.24, 2.45) is 11.8 Å². The molecule has 2 unspecified atom stereocenters. The van der Waals surface area contributed by atoms with Crippen LogP contribution < -0.4 is 0 Å². The number of aromatic hydroxyl groups is 2. The van der Waals surface area contributed by atoms with Crippen LogP contribution in [0, 0.1) is 18.8 Å². The number of carbonyl (C=O) groups is 2. The van der Waals surface area contributed by atoms with Crippen LogP contribution in [0.1, 0.15) is 74.9 Å². The molecule has 0 fully saturated rings. The van der Waals surface area contributed by atoms with E-state index in [2.05, 4.69) is 13.8 Å². The van der Waals surface area contributed by atoms with E-state index >= 15 is 0 Å². The van der Waals surface area contributed by atoms with E-state index in [9.17, 15) is 19.8 Å². The fourth-order valence-corrected chi connectivity index (χ4v) is 3.41. The standard InChI is InChI=1S/C21H31ClO5/c1-12(7-6-8-13(2)15(4)27-16(5)24)9-10-17-20(25)18(11-23)14(3)19(22)21(17)26/h11-13,15,25-26H,6-10H2,1-5H3/t12?,13?,15-/m0/s1. The fraction of sp³-hybridized carbons (Fsp3) is 0.619. The summed E-state index contributed by atoms with van der Waals surface area (Å²) in [6.07, 6.45) is 4.61. The van der Waals surface area contributed by atoms with Gasteiger partial charge < -0.3 is 14.9 Å². The van der Waals surface area contributed by atoms with Crippen molar-refractivity contribution in [1.82, 2.24) is 0 Å². The van der Waals surface area contributed by atoms with Crippen LogP contribution in [-0.4, -0.2) is 28.6 Å². The molecule has 0 saturated heterocycles. The van der Waals surface area contributed by atoms with Crippen LogP contribution in [0.5, 0.6) is 11.5 Å².